The van der Waals surface area contributed by atoms with E-state index in [1.54, 1.807) is 19.1 Å². The molecule has 0 spiro atoms. The number of rotatable bonds is 5. The van der Waals surface area contributed by atoms with E-state index in [0.29, 0.717) is 18.6 Å². The summed E-state index contributed by atoms with van der Waals surface area (Å²) in [4.78, 5) is 23.6. The lowest BCUT2D eigenvalue weighted by Gasteiger charge is -2.27. The van der Waals surface area contributed by atoms with Crippen molar-refractivity contribution in [2.75, 3.05) is 0 Å². The smallest absolute Gasteiger partial charge is 0.329 e. The van der Waals surface area contributed by atoms with Gasteiger partial charge in [-0.1, -0.05) is 30.5 Å². The van der Waals surface area contributed by atoms with E-state index in [9.17, 15) is 14.7 Å². The molecule has 1 amide bonds. The minimum Gasteiger partial charge on any atom is -0.481 e. The number of carbonyl (C=O) groups excluding carboxylic acids is 1. The highest BCUT2D eigenvalue weighted by atomic mass is 16.5. The van der Waals surface area contributed by atoms with Crippen LogP contribution < -0.4 is 10.1 Å². The van der Waals surface area contributed by atoms with Crippen LogP contribution in [0.2, 0.25) is 0 Å². The maximum atomic E-state index is 12.2. The molecule has 21 heavy (non-hydrogen) atoms. The predicted molar refractivity (Wildman–Crippen MR) is 78.2 cm³/mol. The largest absolute Gasteiger partial charge is 0.481 e. The lowest BCUT2D eigenvalue weighted by molar-refractivity contribution is -0.148. The molecular formula is C16H21NO4. The fourth-order valence-electron chi connectivity index (χ4n) is 2.58. The van der Waals surface area contributed by atoms with Crippen LogP contribution in [0.5, 0.6) is 5.75 Å². The first-order chi connectivity index (χ1) is 9.93. The Labute approximate surface area is 124 Å². The van der Waals surface area contributed by atoms with Crippen LogP contribution in [0.3, 0.4) is 0 Å². The summed E-state index contributed by atoms with van der Waals surface area (Å²) in [5.41, 5.74) is -0.0163. The molecule has 114 valence electrons. The topological polar surface area (TPSA) is 75.6 Å². The molecule has 0 heterocycles. The van der Waals surface area contributed by atoms with E-state index in [-0.39, 0.29) is 5.91 Å². The molecule has 0 aliphatic heterocycles. The Morgan fingerprint density at radius 2 is 1.81 bits per heavy atom. The number of aryl methyl sites for hydroxylation is 1. The summed E-state index contributed by atoms with van der Waals surface area (Å²) < 4.78 is 5.56. The fourth-order valence-corrected chi connectivity index (χ4v) is 2.58. The molecule has 1 atom stereocenters. The summed E-state index contributed by atoms with van der Waals surface area (Å²) in [6.45, 7) is 3.59. The molecule has 5 heteroatoms. The van der Waals surface area contributed by atoms with Crippen molar-refractivity contribution in [3.63, 3.8) is 0 Å². The summed E-state index contributed by atoms with van der Waals surface area (Å²) in [6.07, 6.45) is 1.86. The highest BCUT2D eigenvalue weighted by Crippen LogP contribution is 2.30. The average Bonchev–Trinajstić information content (AvgIpc) is 2.91. The zero-order valence-electron chi connectivity index (χ0n) is 12.4. The lowest BCUT2D eigenvalue weighted by Crippen LogP contribution is -2.55. The van der Waals surface area contributed by atoms with Gasteiger partial charge in [-0.25, -0.2) is 4.79 Å². The van der Waals surface area contributed by atoms with Gasteiger partial charge in [-0.05, 0) is 38.8 Å². The molecule has 1 unspecified atom stereocenters. The van der Waals surface area contributed by atoms with Crippen molar-refractivity contribution < 1.29 is 19.4 Å². The van der Waals surface area contributed by atoms with Crippen LogP contribution in [0.15, 0.2) is 24.3 Å². The van der Waals surface area contributed by atoms with E-state index in [1.165, 1.54) is 0 Å². The van der Waals surface area contributed by atoms with Crippen LogP contribution in [0.4, 0.5) is 0 Å². The predicted octanol–water partition coefficient (Wildman–Crippen LogP) is 2.28. The number of hydrogen-bond donors (Lipinski definition) is 2. The van der Waals surface area contributed by atoms with Crippen molar-refractivity contribution in [2.45, 2.75) is 51.2 Å². The second kappa shape index (κ2) is 6.16. The van der Waals surface area contributed by atoms with Gasteiger partial charge in [0.05, 0.1) is 0 Å². The van der Waals surface area contributed by atoms with E-state index in [2.05, 4.69) is 5.32 Å². The Morgan fingerprint density at radius 1 is 1.24 bits per heavy atom. The van der Waals surface area contributed by atoms with Crippen molar-refractivity contribution >= 4 is 11.9 Å². The second-order valence-corrected chi connectivity index (χ2v) is 5.66. The zero-order valence-corrected chi connectivity index (χ0v) is 12.4. The molecule has 0 bridgehead atoms. The molecule has 2 rings (SSSR count). The molecule has 1 aliphatic rings. The third kappa shape index (κ3) is 3.54. The van der Waals surface area contributed by atoms with E-state index < -0.39 is 17.6 Å². The molecule has 0 saturated heterocycles. The summed E-state index contributed by atoms with van der Waals surface area (Å²) in [6, 6.07) is 7.38. The molecule has 0 radical (unpaired) electrons. The van der Waals surface area contributed by atoms with Crippen molar-refractivity contribution in [2.24, 2.45) is 0 Å². The number of amides is 1. The van der Waals surface area contributed by atoms with Crippen LogP contribution in [0, 0.1) is 6.92 Å². The fraction of sp³-hybridized carbons (Fsp3) is 0.500. The summed E-state index contributed by atoms with van der Waals surface area (Å²) >= 11 is 0. The maximum absolute atomic E-state index is 12.2. The number of carbonyl (C=O) groups is 2. The molecule has 1 fully saturated rings. The van der Waals surface area contributed by atoms with Gasteiger partial charge in [0, 0.05) is 0 Å². The molecule has 5 nitrogen and oxygen atoms in total. The summed E-state index contributed by atoms with van der Waals surface area (Å²) in [5.74, 6) is -0.755. The second-order valence-electron chi connectivity index (χ2n) is 5.66. The van der Waals surface area contributed by atoms with Gasteiger partial charge in [-0.15, -0.1) is 0 Å². The number of carboxylic acid groups (broad SMARTS) is 1. The van der Waals surface area contributed by atoms with Crippen LogP contribution in [-0.4, -0.2) is 28.6 Å². The van der Waals surface area contributed by atoms with Gasteiger partial charge in [0.25, 0.3) is 5.91 Å². The van der Waals surface area contributed by atoms with Crippen molar-refractivity contribution in [1.29, 1.82) is 0 Å². The Morgan fingerprint density at radius 3 is 2.33 bits per heavy atom. The first-order valence-electron chi connectivity index (χ1n) is 7.22. The average molecular weight is 291 g/mol. The van der Waals surface area contributed by atoms with Gasteiger partial charge < -0.3 is 15.2 Å². The number of nitrogens with one attached hydrogen (secondary N) is 1. The van der Waals surface area contributed by atoms with E-state index in [0.717, 1.165) is 18.4 Å². The van der Waals surface area contributed by atoms with Gasteiger partial charge in [-0.2, -0.15) is 0 Å². The maximum Gasteiger partial charge on any atom is 0.329 e. The zero-order chi connectivity index (χ0) is 15.5. The summed E-state index contributed by atoms with van der Waals surface area (Å²) in [5, 5.41) is 12.0. The lowest BCUT2D eigenvalue weighted by atomic mass is 9.97. The van der Waals surface area contributed by atoms with Gasteiger partial charge in [-0.3, -0.25) is 4.79 Å². The van der Waals surface area contributed by atoms with Crippen molar-refractivity contribution in [3.8, 4) is 5.75 Å². The molecule has 2 N–H and O–H groups in total. The van der Waals surface area contributed by atoms with E-state index in [4.69, 9.17) is 4.74 Å². The minimum absolute atomic E-state index is 0.389. The molecule has 1 saturated carbocycles. The SMILES string of the molecule is Cc1ccc(OC(C)C(=O)NC2(C(=O)O)CCCC2)cc1. The van der Waals surface area contributed by atoms with Crippen molar-refractivity contribution in [1.82, 2.24) is 5.32 Å². The van der Waals surface area contributed by atoms with Crippen LogP contribution in [0.25, 0.3) is 0 Å². The molecule has 1 aliphatic carbocycles. The number of aliphatic carboxylic acids is 1. The van der Waals surface area contributed by atoms with Gasteiger partial charge in [0.1, 0.15) is 11.3 Å². The summed E-state index contributed by atoms with van der Waals surface area (Å²) in [7, 11) is 0. The molecule has 0 aromatic heterocycles. The third-order valence-corrected chi connectivity index (χ3v) is 3.93. The van der Waals surface area contributed by atoms with Crippen LogP contribution >= 0.6 is 0 Å². The normalized spacial score (nSPS) is 18.0. The van der Waals surface area contributed by atoms with Gasteiger partial charge in [0.2, 0.25) is 0 Å². The number of benzene rings is 1. The van der Waals surface area contributed by atoms with Crippen LogP contribution in [0.1, 0.15) is 38.2 Å². The highest BCUT2D eigenvalue weighted by molar-refractivity contribution is 5.89. The van der Waals surface area contributed by atoms with E-state index >= 15 is 0 Å². The van der Waals surface area contributed by atoms with Gasteiger partial charge in [0.15, 0.2) is 6.10 Å². The standard InChI is InChI=1S/C16H21NO4/c1-11-5-7-13(8-6-11)21-12(2)14(18)17-16(15(19)20)9-3-4-10-16/h5-8,12H,3-4,9-10H2,1-2H3,(H,17,18)(H,19,20). The third-order valence-electron chi connectivity index (χ3n) is 3.93. The highest BCUT2D eigenvalue weighted by Gasteiger charge is 2.43. The van der Waals surface area contributed by atoms with Crippen LogP contribution in [-0.2, 0) is 9.59 Å². The number of ether oxygens (including phenoxy) is 1. The Balaban J connectivity index is 1.99. The first kappa shape index (κ1) is 15.4. The number of carboxylic acids is 1. The Bertz CT molecular complexity index is 518. The molecular weight excluding hydrogens is 270 g/mol. The Kier molecular flexibility index (Phi) is 4.50. The Hall–Kier alpha value is -2.04. The monoisotopic (exact) mass is 291 g/mol. The molecule has 1 aromatic carbocycles. The first-order valence-corrected chi connectivity index (χ1v) is 7.22. The van der Waals surface area contributed by atoms with Gasteiger partial charge >= 0.3 is 5.97 Å². The minimum atomic E-state index is -1.12. The molecule has 1 aromatic rings. The van der Waals surface area contributed by atoms with E-state index in [1.807, 2.05) is 19.1 Å². The quantitative estimate of drug-likeness (QED) is 0.872. The van der Waals surface area contributed by atoms with Crippen molar-refractivity contribution in [3.05, 3.63) is 29.8 Å². The number of hydrogen-bond acceptors (Lipinski definition) is 3.